The highest BCUT2D eigenvalue weighted by molar-refractivity contribution is 7.80. The maximum absolute atomic E-state index is 5.61. The molecule has 0 saturated heterocycles. The molecule has 0 atom stereocenters. The first-order chi connectivity index (χ1) is 8.40. The monoisotopic (exact) mass is 251 g/mol. The highest BCUT2D eigenvalue weighted by atomic mass is 32.1. The van der Waals surface area contributed by atoms with E-state index in [-0.39, 0.29) is 0 Å². The molecule has 2 rings (SSSR count). The van der Waals surface area contributed by atoms with Gasteiger partial charge in [-0.05, 0) is 61.7 Å². The van der Waals surface area contributed by atoms with Crippen LogP contribution in [0.1, 0.15) is 24.0 Å². The topological polar surface area (TPSA) is 21.3 Å². The summed E-state index contributed by atoms with van der Waals surface area (Å²) in [4.78, 5) is 0. The largest absolute Gasteiger partial charge is 0.493 e. The van der Waals surface area contributed by atoms with Gasteiger partial charge in [0, 0.05) is 0 Å². The zero-order valence-corrected chi connectivity index (χ0v) is 11.1. The van der Waals surface area contributed by atoms with E-state index in [1.165, 1.54) is 11.1 Å². The molecule has 94 valence electrons. The van der Waals surface area contributed by atoms with Crippen LogP contribution in [0, 0.1) is 0 Å². The Morgan fingerprint density at radius 1 is 1.29 bits per heavy atom. The minimum Gasteiger partial charge on any atom is -0.493 e. The summed E-state index contributed by atoms with van der Waals surface area (Å²) in [6.07, 6.45) is 4.55. The van der Waals surface area contributed by atoms with Gasteiger partial charge in [-0.15, -0.1) is 0 Å². The SMILES string of the molecule is SCCCNCCc1ccc2c(c1)CCCO2. The van der Waals surface area contributed by atoms with Crippen molar-refractivity contribution in [2.75, 3.05) is 25.4 Å². The minimum atomic E-state index is 0.873. The van der Waals surface area contributed by atoms with Gasteiger partial charge in [-0.2, -0.15) is 12.6 Å². The Bertz CT molecular complexity index is 354. The van der Waals surface area contributed by atoms with E-state index in [0.717, 1.165) is 56.9 Å². The van der Waals surface area contributed by atoms with Crippen LogP contribution in [0.4, 0.5) is 0 Å². The molecule has 0 fully saturated rings. The van der Waals surface area contributed by atoms with Crippen molar-refractivity contribution < 1.29 is 4.74 Å². The lowest BCUT2D eigenvalue weighted by Crippen LogP contribution is -2.19. The van der Waals surface area contributed by atoms with Gasteiger partial charge in [0.25, 0.3) is 0 Å². The Kier molecular flexibility index (Phi) is 5.20. The zero-order valence-electron chi connectivity index (χ0n) is 10.2. The van der Waals surface area contributed by atoms with Gasteiger partial charge in [0.2, 0.25) is 0 Å². The van der Waals surface area contributed by atoms with Gasteiger partial charge in [0.1, 0.15) is 5.75 Å². The van der Waals surface area contributed by atoms with Crippen molar-refractivity contribution in [1.29, 1.82) is 0 Å². The lowest BCUT2D eigenvalue weighted by atomic mass is 10.0. The molecule has 0 aromatic heterocycles. The number of hydrogen-bond donors (Lipinski definition) is 2. The third kappa shape index (κ3) is 3.93. The Morgan fingerprint density at radius 2 is 2.24 bits per heavy atom. The van der Waals surface area contributed by atoms with Crippen LogP contribution in [0.5, 0.6) is 5.75 Å². The molecule has 0 spiro atoms. The maximum atomic E-state index is 5.61. The summed E-state index contributed by atoms with van der Waals surface area (Å²) >= 11 is 4.19. The van der Waals surface area contributed by atoms with E-state index in [0.29, 0.717) is 0 Å². The first-order valence-corrected chi connectivity index (χ1v) is 7.09. The zero-order chi connectivity index (χ0) is 11.9. The number of hydrogen-bond acceptors (Lipinski definition) is 3. The van der Waals surface area contributed by atoms with Crippen molar-refractivity contribution in [3.05, 3.63) is 29.3 Å². The van der Waals surface area contributed by atoms with E-state index < -0.39 is 0 Å². The van der Waals surface area contributed by atoms with Crippen LogP contribution in [0.25, 0.3) is 0 Å². The first kappa shape index (κ1) is 12.8. The summed E-state index contributed by atoms with van der Waals surface area (Å²) in [6, 6.07) is 6.61. The summed E-state index contributed by atoms with van der Waals surface area (Å²) in [6.45, 7) is 2.99. The molecule has 1 aliphatic rings. The number of benzene rings is 1. The van der Waals surface area contributed by atoms with Gasteiger partial charge in [-0.3, -0.25) is 0 Å². The molecule has 3 heteroatoms. The summed E-state index contributed by atoms with van der Waals surface area (Å²) in [7, 11) is 0. The molecule has 1 aliphatic heterocycles. The predicted octanol–water partition coefficient (Wildman–Crippen LogP) is 2.46. The van der Waals surface area contributed by atoms with Gasteiger partial charge in [-0.25, -0.2) is 0 Å². The second kappa shape index (κ2) is 6.92. The van der Waals surface area contributed by atoms with Crippen LogP contribution in [-0.4, -0.2) is 25.4 Å². The van der Waals surface area contributed by atoms with E-state index >= 15 is 0 Å². The van der Waals surface area contributed by atoms with E-state index in [1.807, 2.05) is 0 Å². The molecule has 1 aromatic carbocycles. The third-order valence-electron chi connectivity index (χ3n) is 3.08. The maximum Gasteiger partial charge on any atom is 0.122 e. The van der Waals surface area contributed by atoms with Crippen LogP contribution in [0.2, 0.25) is 0 Å². The molecule has 0 radical (unpaired) electrons. The van der Waals surface area contributed by atoms with Gasteiger partial charge in [0.15, 0.2) is 0 Å². The summed E-state index contributed by atoms with van der Waals surface area (Å²) < 4.78 is 5.61. The highest BCUT2D eigenvalue weighted by Gasteiger charge is 2.09. The van der Waals surface area contributed by atoms with E-state index in [1.54, 1.807) is 0 Å². The normalized spacial score (nSPS) is 14.2. The highest BCUT2D eigenvalue weighted by Crippen LogP contribution is 2.25. The summed E-state index contributed by atoms with van der Waals surface area (Å²) in [5, 5.41) is 3.43. The van der Waals surface area contributed by atoms with Crippen molar-refractivity contribution in [3.8, 4) is 5.75 Å². The second-order valence-electron chi connectivity index (χ2n) is 4.47. The van der Waals surface area contributed by atoms with Crippen LogP contribution >= 0.6 is 12.6 Å². The van der Waals surface area contributed by atoms with Crippen molar-refractivity contribution in [2.45, 2.75) is 25.7 Å². The molecule has 1 aromatic rings. The molecule has 2 nitrogen and oxygen atoms in total. The van der Waals surface area contributed by atoms with E-state index in [2.05, 4.69) is 36.1 Å². The molecule has 0 unspecified atom stereocenters. The fraction of sp³-hybridized carbons (Fsp3) is 0.571. The predicted molar refractivity (Wildman–Crippen MR) is 75.3 cm³/mol. The molecular formula is C14H21NOS. The fourth-order valence-corrected chi connectivity index (χ4v) is 2.29. The molecule has 17 heavy (non-hydrogen) atoms. The van der Waals surface area contributed by atoms with Crippen LogP contribution in [0.3, 0.4) is 0 Å². The third-order valence-corrected chi connectivity index (χ3v) is 3.39. The lowest BCUT2D eigenvalue weighted by molar-refractivity contribution is 0.288. The molecule has 1 N–H and O–H groups in total. The average Bonchev–Trinajstić information content (AvgIpc) is 2.38. The number of nitrogens with one attached hydrogen (secondary N) is 1. The van der Waals surface area contributed by atoms with Crippen molar-refractivity contribution in [1.82, 2.24) is 5.32 Å². The van der Waals surface area contributed by atoms with E-state index in [9.17, 15) is 0 Å². The van der Waals surface area contributed by atoms with Gasteiger partial charge in [-0.1, -0.05) is 12.1 Å². The molecule has 1 heterocycles. The van der Waals surface area contributed by atoms with Crippen molar-refractivity contribution >= 4 is 12.6 Å². The first-order valence-electron chi connectivity index (χ1n) is 6.46. The number of fused-ring (bicyclic) bond motifs is 1. The Hall–Kier alpha value is -0.670. The molecule has 0 saturated carbocycles. The molecular weight excluding hydrogens is 230 g/mol. The summed E-state index contributed by atoms with van der Waals surface area (Å²) in [5.41, 5.74) is 2.79. The van der Waals surface area contributed by atoms with Gasteiger partial charge in [0.05, 0.1) is 6.61 Å². The number of aryl methyl sites for hydroxylation is 1. The van der Waals surface area contributed by atoms with Crippen LogP contribution in [0.15, 0.2) is 18.2 Å². The quantitative estimate of drug-likeness (QED) is 0.598. The number of ether oxygens (including phenoxy) is 1. The number of rotatable bonds is 6. The Morgan fingerprint density at radius 3 is 3.12 bits per heavy atom. The van der Waals surface area contributed by atoms with Crippen LogP contribution in [-0.2, 0) is 12.8 Å². The molecule has 0 bridgehead atoms. The lowest BCUT2D eigenvalue weighted by Gasteiger charge is -2.17. The fourth-order valence-electron chi connectivity index (χ4n) is 2.13. The Labute approximate surface area is 109 Å². The Balaban J connectivity index is 1.81. The van der Waals surface area contributed by atoms with Crippen molar-refractivity contribution in [2.24, 2.45) is 0 Å². The smallest absolute Gasteiger partial charge is 0.122 e. The summed E-state index contributed by atoms with van der Waals surface area (Å²) in [5.74, 6) is 2.05. The van der Waals surface area contributed by atoms with Gasteiger partial charge < -0.3 is 10.1 Å². The molecule has 0 aliphatic carbocycles. The van der Waals surface area contributed by atoms with Gasteiger partial charge >= 0.3 is 0 Å². The standard InChI is InChI=1S/C14H21NOS/c17-10-2-7-15-8-6-12-4-5-14-13(11-12)3-1-9-16-14/h4-5,11,15,17H,1-3,6-10H2. The number of thiol groups is 1. The average molecular weight is 251 g/mol. The van der Waals surface area contributed by atoms with E-state index in [4.69, 9.17) is 4.74 Å². The second-order valence-corrected chi connectivity index (χ2v) is 4.92. The van der Waals surface area contributed by atoms with Crippen LogP contribution < -0.4 is 10.1 Å². The molecule has 0 amide bonds. The minimum absolute atomic E-state index is 0.873. The van der Waals surface area contributed by atoms with Crippen molar-refractivity contribution in [3.63, 3.8) is 0 Å².